The van der Waals surface area contributed by atoms with E-state index in [0.29, 0.717) is 23.9 Å². The van der Waals surface area contributed by atoms with Gasteiger partial charge in [0.1, 0.15) is 23.6 Å². The minimum atomic E-state index is -2.77. The molecule has 1 aromatic heterocycles. The Balaban J connectivity index is 2.70. The SMILES string of the molecule is CCc1nc(NC)cc(NCC(O)C(F)F)n1. The van der Waals surface area contributed by atoms with Crippen molar-refractivity contribution in [1.82, 2.24) is 9.97 Å². The summed E-state index contributed by atoms with van der Waals surface area (Å²) in [7, 11) is 1.71. The van der Waals surface area contributed by atoms with Gasteiger partial charge in [-0.05, 0) is 0 Å². The van der Waals surface area contributed by atoms with E-state index in [0.717, 1.165) is 0 Å². The van der Waals surface area contributed by atoms with E-state index in [1.807, 2.05) is 6.92 Å². The highest BCUT2D eigenvalue weighted by molar-refractivity contribution is 5.47. The van der Waals surface area contributed by atoms with Crippen LogP contribution in [0, 0.1) is 0 Å². The van der Waals surface area contributed by atoms with Crippen molar-refractivity contribution >= 4 is 11.6 Å². The molecule has 0 saturated carbocycles. The zero-order chi connectivity index (χ0) is 12.8. The first-order valence-corrected chi connectivity index (χ1v) is 5.32. The Hall–Kier alpha value is -1.50. The molecule has 0 amide bonds. The van der Waals surface area contributed by atoms with Crippen LogP contribution >= 0.6 is 0 Å². The number of nitrogens with zero attached hydrogens (tertiary/aromatic N) is 2. The lowest BCUT2D eigenvalue weighted by molar-refractivity contribution is 0.00380. The second kappa shape index (κ2) is 6.29. The van der Waals surface area contributed by atoms with Gasteiger partial charge in [0.2, 0.25) is 0 Å². The summed E-state index contributed by atoms with van der Waals surface area (Å²) in [6.07, 6.45) is -3.83. The number of hydrogen-bond donors (Lipinski definition) is 3. The first-order chi connectivity index (χ1) is 8.06. The smallest absolute Gasteiger partial charge is 0.265 e. The lowest BCUT2D eigenvalue weighted by Crippen LogP contribution is -2.27. The molecule has 96 valence electrons. The van der Waals surface area contributed by atoms with Crippen LogP contribution in [0.1, 0.15) is 12.7 Å². The molecule has 1 atom stereocenters. The standard InChI is InChI=1S/C10H16F2N4O/c1-3-7-15-8(13-2)4-9(16-7)14-5-6(17)10(11)12/h4,6,10,17H,3,5H2,1-2H3,(H2,13,14,15,16). The van der Waals surface area contributed by atoms with Crippen LogP contribution in [0.2, 0.25) is 0 Å². The Labute approximate surface area is 98.3 Å². The average Bonchev–Trinajstić information content (AvgIpc) is 2.35. The van der Waals surface area contributed by atoms with E-state index in [1.54, 1.807) is 13.1 Å². The van der Waals surface area contributed by atoms with Crippen LogP contribution in [0.4, 0.5) is 20.4 Å². The molecule has 0 aromatic carbocycles. The minimum absolute atomic E-state index is 0.249. The molecule has 1 unspecified atom stereocenters. The fourth-order valence-corrected chi connectivity index (χ4v) is 1.17. The van der Waals surface area contributed by atoms with E-state index in [-0.39, 0.29) is 6.54 Å². The molecular weight excluding hydrogens is 230 g/mol. The second-order valence-corrected chi connectivity index (χ2v) is 3.44. The second-order valence-electron chi connectivity index (χ2n) is 3.44. The number of aliphatic hydroxyl groups excluding tert-OH is 1. The van der Waals surface area contributed by atoms with Gasteiger partial charge in [-0.3, -0.25) is 0 Å². The van der Waals surface area contributed by atoms with Gasteiger partial charge in [0.15, 0.2) is 0 Å². The van der Waals surface area contributed by atoms with Gasteiger partial charge in [-0.25, -0.2) is 18.7 Å². The highest BCUT2D eigenvalue weighted by Crippen LogP contribution is 2.12. The summed E-state index contributed by atoms with van der Waals surface area (Å²) in [5, 5.41) is 14.5. The first kappa shape index (κ1) is 13.6. The Morgan fingerprint density at radius 3 is 2.53 bits per heavy atom. The number of aliphatic hydroxyl groups is 1. The van der Waals surface area contributed by atoms with E-state index in [4.69, 9.17) is 5.11 Å². The summed E-state index contributed by atoms with van der Waals surface area (Å²) in [5.74, 6) is 1.62. The molecule has 7 heteroatoms. The molecule has 1 aromatic rings. The van der Waals surface area contributed by atoms with Gasteiger partial charge < -0.3 is 15.7 Å². The van der Waals surface area contributed by atoms with Crippen LogP contribution in [0.15, 0.2) is 6.07 Å². The van der Waals surface area contributed by atoms with Crippen molar-refractivity contribution in [2.75, 3.05) is 24.2 Å². The van der Waals surface area contributed by atoms with Crippen LogP contribution < -0.4 is 10.6 Å². The molecule has 1 heterocycles. The monoisotopic (exact) mass is 246 g/mol. The number of nitrogens with one attached hydrogen (secondary N) is 2. The van der Waals surface area contributed by atoms with Crippen LogP contribution in [-0.2, 0) is 6.42 Å². The Morgan fingerprint density at radius 1 is 1.35 bits per heavy atom. The van der Waals surface area contributed by atoms with E-state index < -0.39 is 12.5 Å². The minimum Gasteiger partial charge on any atom is -0.385 e. The quantitative estimate of drug-likeness (QED) is 0.701. The van der Waals surface area contributed by atoms with Crippen molar-refractivity contribution in [2.24, 2.45) is 0 Å². The van der Waals surface area contributed by atoms with Crippen LogP contribution in [-0.4, -0.2) is 41.2 Å². The summed E-state index contributed by atoms with van der Waals surface area (Å²) in [6.45, 7) is 1.65. The van der Waals surface area contributed by atoms with Crippen LogP contribution in [0.25, 0.3) is 0 Å². The number of alkyl halides is 2. The number of halogens is 2. The normalized spacial score (nSPS) is 12.6. The lowest BCUT2D eigenvalue weighted by Gasteiger charge is -2.12. The van der Waals surface area contributed by atoms with E-state index >= 15 is 0 Å². The summed E-state index contributed by atoms with van der Waals surface area (Å²) in [4.78, 5) is 8.27. The third kappa shape index (κ3) is 4.10. The zero-order valence-electron chi connectivity index (χ0n) is 9.74. The predicted molar refractivity (Wildman–Crippen MR) is 61.5 cm³/mol. The van der Waals surface area contributed by atoms with Crippen molar-refractivity contribution < 1.29 is 13.9 Å². The van der Waals surface area contributed by atoms with Gasteiger partial charge in [-0.2, -0.15) is 0 Å². The van der Waals surface area contributed by atoms with Gasteiger partial charge in [0, 0.05) is 26.1 Å². The van der Waals surface area contributed by atoms with Crippen molar-refractivity contribution in [3.05, 3.63) is 11.9 Å². The van der Waals surface area contributed by atoms with E-state index in [9.17, 15) is 8.78 Å². The highest BCUT2D eigenvalue weighted by Gasteiger charge is 2.16. The molecule has 1 rings (SSSR count). The van der Waals surface area contributed by atoms with Gasteiger partial charge >= 0.3 is 0 Å². The Kier molecular flexibility index (Phi) is 5.02. The van der Waals surface area contributed by atoms with Crippen molar-refractivity contribution in [3.8, 4) is 0 Å². The van der Waals surface area contributed by atoms with Gasteiger partial charge in [-0.1, -0.05) is 6.92 Å². The Morgan fingerprint density at radius 2 is 2.00 bits per heavy atom. The van der Waals surface area contributed by atoms with Gasteiger partial charge in [0.05, 0.1) is 0 Å². The summed E-state index contributed by atoms with van der Waals surface area (Å²) >= 11 is 0. The average molecular weight is 246 g/mol. The number of aromatic nitrogens is 2. The first-order valence-electron chi connectivity index (χ1n) is 5.32. The Bertz CT molecular complexity index is 340. The van der Waals surface area contributed by atoms with Gasteiger partial charge in [0.25, 0.3) is 6.43 Å². The molecule has 0 radical (unpaired) electrons. The van der Waals surface area contributed by atoms with E-state index in [1.165, 1.54) is 0 Å². The summed E-state index contributed by atoms with van der Waals surface area (Å²) in [6, 6.07) is 1.59. The van der Waals surface area contributed by atoms with Crippen LogP contribution in [0.5, 0.6) is 0 Å². The maximum absolute atomic E-state index is 12.1. The number of aryl methyl sites for hydroxylation is 1. The summed E-state index contributed by atoms with van der Waals surface area (Å²) < 4.78 is 24.2. The number of anilines is 2. The highest BCUT2D eigenvalue weighted by atomic mass is 19.3. The maximum atomic E-state index is 12.1. The predicted octanol–water partition coefficient (Wildman–Crippen LogP) is 1.12. The molecule has 0 aliphatic heterocycles. The fraction of sp³-hybridized carbons (Fsp3) is 0.600. The van der Waals surface area contributed by atoms with Crippen LogP contribution in [0.3, 0.4) is 0 Å². The molecule has 0 fully saturated rings. The molecule has 0 aliphatic carbocycles. The fourth-order valence-electron chi connectivity index (χ4n) is 1.17. The van der Waals surface area contributed by atoms with E-state index in [2.05, 4.69) is 20.6 Å². The lowest BCUT2D eigenvalue weighted by atomic mass is 10.3. The molecule has 17 heavy (non-hydrogen) atoms. The topological polar surface area (TPSA) is 70.1 Å². The molecule has 5 nitrogen and oxygen atoms in total. The molecule has 0 spiro atoms. The molecular formula is C10H16F2N4O. The van der Waals surface area contributed by atoms with Crippen molar-refractivity contribution in [1.29, 1.82) is 0 Å². The zero-order valence-corrected chi connectivity index (χ0v) is 9.74. The third-order valence-electron chi connectivity index (χ3n) is 2.13. The van der Waals surface area contributed by atoms with Crippen molar-refractivity contribution in [3.63, 3.8) is 0 Å². The molecule has 0 saturated heterocycles. The molecule has 3 N–H and O–H groups in total. The number of rotatable bonds is 6. The number of hydrogen-bond acceptors (Lipinski definition) is 5. The summed E-state index contributed by atoms with van der Waals surface area (Å²) in [5.41, 5.74) is 0. The third-order valence-corrected chi connectivity index (χ3v) is 2.13. The maximum Gasteiger partial charge on any atom is 0.265 e. The molecule has 0 bridgehead atoms. The largest absolute Gasteiger partial charge is 0.385 e. The van der Waals surface area contributed by atoms with Crippen molar-refractivity contribution in [2.45, 2.75) is 25.9 Å². The van der Waals surface area contributed by atoms with Gasteiger partial charge in [-0.15, -0.1) is 0 Å². The molecule has 0 aliphatic rings.